The molecule has 0 radical (unpaired) electrons. The van der Waals surface area contributed by atoms with Gasteiger partial charge in [-0.3, -0.25) is 4.79 Å². The average Bonchev–Trinajstić information content (AvgIpc) is 2.24. The van der Waals surface area contributed by atoms with Crippen LogP contribution in [0.2, 0.25) is 0 Å². The van der Waals surface area contributed by atoms with E-state index in [0.717, 1.165) is 5.56 Å². The molecule has 0 aromatic heterocycles. The van der Waals surface area contributed by atoms with Crippen molar-refractivity contribution in [2.75, 3.05) is 0 Å². The van der Waals surface area contributed by atoms with Gasteiger partial charge in [-0.25, -0.2) is 0 Å². The van der Waals surface area contributed by atoms with Gasteiger partial charge in [-0.1, -0.05) is 49.3 Å². The Morgan fingerprint density at radius 2 is 2.00 bits per heavy atom. The molecule has 0 aliphatic heterocycles. The molecule has 0 amide bonds. The second-order valence-corrected chi connectivity index (χ2v) is 4.01. The van der Waals surface area contributed by atoms with E-state index >= 15 is 0 Å². The Balaban J connectivity index is 2.56. The lowest BCUT2D eigenvalue weighted by Crippen LogP contribution is -2.15. The maximum absolute atomic E-state index is 11.0. The molecule has 0 saturated heterocycles. The van der Waals surface area contributed by atoms with Crippen molar-refractivity contribution in [2.24, 2.45) is 11.1 Å². The molecule has 0 unspecified atom stereocenters. The van der Waals surface area contributed by atoms with E-state index in [-0.39, 0.29) is 11.6 Å². The summed E-state index contributed by atoms with van der Waals surface area (Å²) >= 11 is 5.37. The zero-order valence-electron chi connectivity index (χ0n) is 9.31. The molecule has 1 rings (SSSR count). The standard InChI is InChI=1S/C12H14ClNO2/c1-9(2)11(12(13)15)14-16-8-10-6-4-3-5-7-10/h3-7,9H,8H2,1-2H3. The van der Waals surface area contributed by atoms with Crippen molar-refractivity contribution in [3.63, 3.8) is 0 Å². The number of benzene rings is 1. The van der Waals surface area contributed by atoms with Gasteiger partial charge in [0.2, 0.25) is 0 Å². The molecule has 0 aliphatic rings. The van der Waals surface area contributed by atoms with Gasteiger partial charge in [-0.2, -0.15) is 0 Å². The van der Waals surface area contributed by atoms with E-state index < -0.39 is 5.24 Å². The van der Waals surface area contributed by atoms with Crippen LogP contribution in [0.4, 0.5) is 0 Å². The smallest absolute Gasteiger partial charge is 0.270 e. The second-order valence-electron chi connectivity index (χ2n) is 3.66. The van der Waals surface area contributed by atoms with Gasteiger partial charge >= 0.3 is 0 Å². The normalized spacial score (nSPS) is 11.6. The van der Waals surface area contributed by atoms with Gasteiger partial charge in [0.15, 0.2) is 0 Å². The van der Waals surface area contributed by atoms with Crippen LogP contribution in [0.15, 0.2) is 35.5 Å². The molecule has 0 bridgehead atoms. The SMILES string of the molecule is CC(C)C(=NOCc1ccccc1)C(=O)Cl. The number of rotatable bonds is 5. The zero-order valence-corrected chi connectivity index (χ0v) is 10.1. The molecule has 0 aliphatic carbocycles. The molecule has 0 N–H and O–H groups in total. The van der Waals surface area contributed by atoms with Crippen molar-refractivity contribution < 1.29 is 9.63 Å². The summed E-state index contributed by atoms with van der Waals surface area (Å²) in [6, 6.07) is 9.60. The molecule has 0 heterocycles. The first-order valence-electron chi connectivity index (χ1n) is 5.05. The molecule has 0 atom stereocenters. The van der Waals surface area contributed by atoms with Crippen molar-refractivity contribution in [3.8, 4) is 0 Å². The topological polar surface area (TPSA) is 38.7 Å². The van der Waals surface area contributed by atoms with Crippen LogP contribution < -0.4 is 0 Å². The van der Waals surface area contributed by atoms with E-state index in [2.05, 4.69) is 5.16 Å². The number of oxime groups is 1. The molecule has 3 nitrogen and oxygen atoms in total. The molecule has 0 saturated carbocycles. The molecule has 0 spiro atoms. The highest BCUT2D eigenvalue weighted by Gasteiger charge is 2.13. The maximum Gasteiger partial charge on any atom is 0.270 e. The van der Waals surface area contributed by atoms with E-state index in [1.165, 1.54) is 0 Å². The van der Waals surface area contributed by atoms with Gasteiger partial charge in [-0.15, -0.1) is 0 Å². The van der Waals surface area contributed by atoms with E-state index in [1.54, 1.807) is 0 Å². The minimum Gasteiger partial charge on any atom is -0.391 e. The van der Waals surface area contributed by atoms with Crippen LogP contribution in [0, 0.1) is 5.92 Å². The maximum atomic E-state index is 11.0. The summed E-state index contributed by atoms with van der Waals surface area (Å²) in [5.74, 6) is -0.0410. The van der Waals surface area contributed by atoms with Crippen molar-refractivity contribution in [2.45, 2.75) is 20.5 Å². The van der Waals surface area contributed by atoms with Crippen LogP contribution in [0.25, 0.3) is 0 Å². The molecular formula is C12H14ClNO2. The Kier molecular flexibility index (Phi) is 4.99. The summed E-state index contributed by atoms with van der Waals surface area (Å²) in [5, 5.41) is 3.19. The first kappa shape index (κ1) is 12.7. The number of nitrogens with zero attached hydrogens (tertiary/aromatic N) is 1. The summed E-state index contributed by atoms with van der Waals surface area (Å²) in [5.41, 5.74) is 1.24. The fraction of sp³-hybridized carbons (Fsp3) is 0.333. The number of hydrogen-bond donors (Lipinski definition) is 0. The minimum absolute atomic E-state index is 0.0410. The molecule has 4 heteroatoms. The Morgan fingerprint density at radius 3 is 2.50 bits per heavy atom. The molecular weight excluding hydrogens is 226 g/mol. The number of carbonyl (C=O) groups excluding carboxylic acids is 1. The number of carbonyl (C=O) groups is 1. The van der Waals surface area contributed by atoms with E-state index in [9.17, 15) is 4.79 Å². The third kappa shape index (κ3) is 4.03. The van der Waals surface area contributed by atoms with Crippen LogP contribution in [-0.4, -0.2) is 11.0 Å². The first-order chi connectivity index (χ1) is 7.61. The third-order valence-electron chi connectivity index (χ3n) is 1.99. The van der Waals surface area contributed by atoms with E-state index in [4.69, 9.17) is 16.4 Å². The zero-order chi connectivity index (χ0) is 12.0. The Morgan fingerprint density at radius 1 is 1.38 bits per heavy atom. The Labute approximate surface area is 100 Å². The van der Waals surface area contributed by atoms with Gasteiger partial charge in [0, 0.05) is 5.92 Å². The highest BCUT2D eigenvalue weighted by atomic mass is 35.5. The van der Waals surface area contributed by atoms with Crippen LogP contribution in [0.1, 0.15) is 19.4 Å². The van der Waals surface area contributed by atoms with Crippen LogP contribution in [0.3, 0.4) is 0 Å². The molecule has 1 aromatic carbocycles. The largest absolute Gasteiger partial charge is 0.391 e. The summed E-state index contributed by atoms with van der Waals surface area (Å²) in [7, 11) is 0. The highest BCUT2D eigenvalue weighted by Crippen LogP contribution is 2.05. The Hall–Kier alpha value is -1.35. The minimum atomic E-state index is -0.567. The van der Waals surface area contributed by atoms with E-state index in [1.807, 2.05) is 44.2 Å². The summed E-state index contributed by atoms with van der Waals surface area (Å²) in [4.78, 5) is 16.1. The summed E-state index contributed by atoms with van der Waals surface area (Å²) < 4.78 is 0. The first-order valence-corrected chi connectivity index (χ1v) is 5.42. The molecule has 86 valence electrons. The lowest BCUT2D eigenvalue weighted by Gasteiger charge is -2.05. The van der Waals surface area contributed by atoms with Gasteiger partial charge < -0.3 is 4.84 Å². The quantitative estimate of drug-likeness (QED) is 0.450. The van der Waals surface area contributed by atoms with Crippen molar-refractivity contribution in [3.05, 3.63) is 35.9 Å². The third-order valence-corrected chi connectivity index (χ3v) is 2.18. The van der Waals surface area contributed by atoms with Crippen molar-refractivity contribution in [1.29, 1.82) is 0 Å². The van der Waals surface area contributed by atoms with Crippen molar-refractivity contribution in [1.82, 2.24) is 0 Å². The van der Waals surface area contributed by atoms with E-state index in [0.29, 0.717) is 6.61 Å². The summed E-state index contributed by atoms with van der Waals surface area (Å²) in [6.07, 6.45) is 0. The van der Waals surface area contributed by atoms with Gasteiger partial charge in [0.25, 0.3) is 5.24 Å². The summed E-state index contributed by atoms with van der Waals surface area (Å²) in [6.45, 7) is 4.01. The van der Waals surface area contributed by atoms with Crippen LogP contribution in [0.5, 0.6) is 0 Å². The number of hydrogen-bond acceptors (Lipinski definition) is 3. The fourth-order valence-corrected chi connectivity index (χ4v) is 1.37. The lowest BCUT2D eigenvalue weighted by molar-refractivity contribution is -0.106. The molecule has 1 aromatic rings. The predicted molar refractivity (Wildman–Crippen MR) is 64.4 cm³/mol. The second kappa shape index (κ2) is 6.28. The van der Waals surface area contributed by atoms with Gasteiger partial charge in [0.05, 0.1) is 0 Å². The lowest BCUT2D eigenvalue weighted by atomic mass is 10.1. The monoisotopic (exact) mass is 239 g/mol. The van der Waals surface area contributed by atoms with Crippen LogP contribution in [-0.2, 0) is 16.2 Å². The molecule has 0 fully saturated rings. The fourth-order valence-electron chi connectivity index (χ4n) is 1.12. The molecule has 16 heavy (non-hydrogen) atoms. The van der Waals surface area contributed by atoms with Crippen LogP contribution >= 0.6 is 11.6 Å². The van der Waals surface area contributed by atoms with Crippen molar-refractivity contribution >= 4 is 22.6 Å². The number of halogens is 1. The predicted octanol–water partition coefficient (Wildman–Crippen LogP) is 2.98. The highest BCUT2D eigenvalue weighted by molar-refractivity contribution is 6.82. The van der Waals surface area contributed by atoms with Gasteiger partial charge in [0.1, 0.15) is 12.3 Å². The average molecular weight is 240 g/mol. The van der Waals surface area contributed by atoms with Gasteiger partial charge in [-0.05, 0) is 17.2 Å². The Bertz CT molecular complexity index is 374.